The highest BCUT2D eigenvalue weighted by Gasteiger charge is 2.36. The summed E-state index contributed by atoms with van der Waals surface area (Å²) in [4.78, 5) is 10.5. The third kappa shape index (κ3) is 2.06. The maximum Gasteiger partial charge on any atom is 0.184 e. The van der Waals surface area contributed by atoms with Gasteiger partial charge in [-0.25, -0.2) is 9.97 Å². The molecule has 2 nitrogen and oxygen atoms in total. The summed E-state index contributed by atoms with van der Waals surface area (Å²) in [6, 6.07) is 0. The summed E-state index contributed by atoms with van der Waals surface area (Å²) in [7, 11) is 0. The zero-order valence-electron chi connectivity index (χ0n) is 11.3. The average molecular weight is 311 g/mol. The second-order valence-corrected chi connectivity index (χ2v) is 7.98. The van der Waals surface area contributed by atoms with Gasteiger partial charge in [0.2, 0.25) is 0 Å². The molecular formula is C14H15ClN2S2. The van der Waals surface area contributed by atoms with Crippen LogP contribution in [0, 0.1) is 5.92 Å². The highest BCUT2D eigenvalue weighted by atomic mass is 35.5. The number of hydrogen-bond donors (Lipinski definition) is 0. The summed E-state index contributed by atoms with van der Waals surface area (Å²) in [5, 5.41) is 2.95. The summed E-state index contributed by atoms with van der Waals surface area (Å²) in [5.74, 6) is 0.521. The van der Waals surface area contributed by atoms with Crippen LogP contribution in [-0.2, 0) is 5.41 Å². The molecular weight excluding hydrogens is 296 g/mol. The van der Waals surface area contributed by atoms with Crippen LogP contribution in [0.15, 0.2) is 11.5 Å². The Morgan fingerprint density at radius 2 is 2.05 bits per heavy atom. The second-order valence-electron chi connectivity index (χ2n) is 5.54. The number of hydrogen-bond acceptors (Lipinski definition) is 4. The Hall–Kier alpha value is -0.710. The van der Waals surface area contributed by atoms with Gasteiger partial charge in [0.05, 0.1) is 5.69 Å². The van der Waals surface area contributed by atoms with E-state index < -0.39 is 0 Å². The van der Waals surface area contributed by atoms with Crippen LogP contribution in [0.3, 0.4) is 0 Å². The number of nitrogens with zero attached hydrogens (tertiary/aromatic N) is 2. The number of halogens is 1. The molecule has 0 spiro atoms. The molecule has 19 heavy (non-hydrogen) atoms. The van der Waals surface area contributed by atoms with E-state index in [1.165, 1.54) is 21.8 Å². The van der Waals surface area contributed by atoms with Gasteiger partial charge in [0.15, 0.2) is 4.47 Å². The van der Waals surface area contributed by atoms with Crippen molar-refractivity contribution in [3.05, 3.63) is 26.5 Å². The maximum absolute atomic E-state index is 5.92. The van der Waals surface area contributed by atoms with Crippen molar-refractivity contribution in [2.24, 2.45) is 5.92 Å². The molecule has 0 saturated heterocycles. The lowest BCUT2D eigenvalue weighted by Crippen LogP contribution is -2.28. The average Bonchev–Trinajstić information content (AvgIpc) is 2.93. The van der Waals surface area contributed by atoms with E-state index in [1.807, 2.05) is 5.38 Å². The lowest BCUT2D eigenvalue weighted by atomic mass is 9.73. The molecule has 0 N–H and O–H groups in total. The van der Waals surface area contributed by atoms with Crippen LogP contribution in [0.1, 0.15) is 38.3 Å². The predicted octanol–water partition coefficient (Wildman–Crippen LogP) is 5.25. The Morgan fingerprint density at radius 3 is 2.68 bits per heavy atom. The van der Waals surface area contributed by atoms with E-state index in [1.54, 1.807) is 11.3 Å². The first kappa shape index (κ1) is 13.3. The van der Waals surface area contributed by atoms with Gasteiger partial charge in [0.1, 0.15) is 10.7 Å². The highest BCUT2D eigenvalue weighted by Crippen LogP contribution is 2.46. The van der Waals surface area contributed by atoms with E-state index in [9.17, 15) is 0 Å². The lowest BCUT2D eigenvalue weighted by molar-refractivity contribution is 0.410. The summed E-state index contributed by atoms with van der Waals surface area (Å²) in [6.07, 6.45) is 2.32. The van der Waals surface area contributed by atoms with Gasteiger partial charge in [0, 0.05) is 15.7 Å². The molecule has 5 heteroatoms. The SMILES string of the molecule is CC1=CC(C)C(C)(C)c2sc(-c3csc(Cl)n3)nc21. The number of fused-ring (bicyclic) bond motifs is 1. The standard InChI is InChI=1S/C14H15ClN2S2/c1-7-5-8(2)14(3,4)11-10(7)17-12(19-11)9-6-18-13(15)16-9/h5-6,8H,1-4H3. The van der Waals surface area contributed by atoms with Gasteiger partial charge in [-0.15, -0.1) is 22.7 Å². The zero-order chi connectivity index (χ0) is 13.8. The first-order valence-electron chi connectivity index (χ1n) is 6.21. The number of allylic oxidation sites excluding steroid dienone is 2. The molecule has 2 aromatic heterocycles. The fourth-order valence-electron chi connectivity index (χ4n) is 2.35. The third-order valence-corrected chi connectivity index (χ3v) is 6.32. The minimum Gasteiger partial charge on any atom is -0.234 e. The fourth-order valence-corrected chi connectivity index (χ4v) is 4.47. The lowest BCUT2D eigenvalue weighted by Gasteiger charge is -2.33. The molecule has 1 aliphatic rings. The zero-order valence-corrected chi connectivity index (χ0v) is 13.7. The molecule has 0 saturated carbocycles. The van der Waals surface area contributed by atoms with Gasteiger partial charge in [-0.2, -0.15) is 0 Å². The fraction of sp³-hybridized carbons (Fsp3) is 0.429. The van der Waals surface area contributed by atoms with Crippen molar-refractivity contribution in [1.29, 1.82) is 0 Å². The van der Waals surface area contributed by atoms with Crippen LogP contribution >= 0.6 is 34.3 Å². The van der Waals surface area contributed by atoms with E-state index in [2.05, 4.69) is 38.8 Å². The van der Waals surface area contributed by atoms with Crippen LogP contribution in [0.5, 0.6) is 0 Å². The first-order chi connectivity index (χ1) is 8.89. The smallest absolute Gasteiger partial charge is 0.184 e. The van der Waals surface area contributed by atoms with Gasteiger partial charge >= 0.3 is 0 Å². The van der Waals surface area contributed by atoms with E-state index in [4.69, 9.17) is 16.6 Å². The highest BCUT2D eigenvalue weighted by molar-refractivity contribution is 7.17. The molecule has 3 rings (SSSR count). The number of rotatable bonds is 1. The Bertz CT molecular complexity index is 667. The van der Waals surface area contributed by atoms with Gasteiger partial charge < -0.3 is 0 Å². The summed E-state index contributed by atoms with van der Waals surface area (Å²) >= 11 is 9.12. The summed E-state index contributed by atoms with van der Waals surface area (Å²) < 4.78 is 0.572. The van der Waals surface area contributed by atoms with Crippen molar-refractivity contribution in [3.8, 4) is 10.7 Å². The number of aromatic nitrogens is 2. The van der Waals surface area contributed by atoms with Crippen LogP contribution in [-0.4, -0.2) is 9.97 Å². The van der Waals surface area contributed by atoms with Gasteiger partial charge in [-0.3, -0.25) is 0 Å². The van der Waals surface area contributed by atoms with E-state index in [-0.39, 0.29) is 5.41 Å². The molecule has 0 radical (unpaired) electrons. The van der Waals surface area contributed by atoms with Crippen LogP contribution < -0.4 is 0 Å². The quantitative estimate of drug-likeness (QED) is 0.719. The van der Waals surface area contributed by atoms with E-state index in [0.29, 0.717) is 10.4 Å². The van der Waals surface area contributed by atoms with Crippen LogP contribution in [0.4, 0.5) is 0 Å². The minimum atomic E-state index is 0.130. The van der Waals surface area contributed by atoms with Gasteiger partial charge in [0.25, 0.3) is 0 Å². The van der Waals surface area contributed by atoms with Gasteiger partial charge in [-0.1, -0.05) is 38.4 Å². The molecule has 0 bridgehead atoms. The second kappa shape index (κ2) is 4.40. The van der Waals surface area contributed by atoms with Crippen molar-refractivity contribution >= 4 is 39.8 Å². The minimum absolute atomic E-state index is 0.130. The molecule has 0 amide bonds. The van der Waals surface area contributed by atoms with Crippen molar-refractivity contribution < 1.29 is 0 Å². The Labute approximate surface area is 126 Å². The van der Waals surface area contributed by atoms with E-state index >= 15 is 0 Å². The van der Waals surface area contributed by atoms with Gasteiger partial charge in [-0.05, 0) is 18.4 Å². The molecule has 100 valence electrons. The van der Waals surface area contributed by atoms with Crippen molar-refractivity contribution in [2.75, 3.05) is 0 Å². The van der Waals surface area contributed by atoms with Crippen LogP contribution in [0.25, 0.3) is 16.3 Å². The van der Waals surface area contributed by atoms with Crippen molar-refractivity contribution in [2.45, 2.75) is 33.1 Å². The van der Waals surface area contributed by atoms with E-state index in [0.717, 1.165) is 16.4 Å². The molecule has 1 aliphatic carbocycles. The Kier molecular flexibility index (Phi) is 3.08. The van der Waals surface area contributed by atoms with Crippen molar-refractivity contribution in [1.82, 2.24) is 9.97 Å². The molecule has 2 aromatic rings. The van der Waals surface area contributed by atoms with Crippen LogP contribution in [0.2, 0.25) is 4.47 Å². The summed E-state index contributed by atoms with van der Waals surface area (Å²) in [6.45, 7) is 8.98. The maximum atomic E-state index is 5.92. The Morgan fingerprint density at radius 1 is 1.32 bits per heavy atom. The van der Waals surface area contributed by atoms with Crippen molar-refractivity contribution in [3.63, 3.8) is 0 Å². The molecule has 0 aromatic carbocycles. The largest absolute Gasteiger partial charge is 0.234 e. The molecule has 0 fully saturated rings. The topological polar surface area (TPSA) is 25.8 Å². The number of thiazole rings is 2. The predicted molar refractivity (Wildman–Crippen MR) is 84.1 cm³/mol. The molecule has 1 unspecified atom stereocenters. The first-order valence-corrected chi connectivity index (χ1v) is 8.28. The summed E-state index contributed by atoms with van der Waals surface area (Å²) in [5.41, 5.74) is 3.42. The monoisotopic (exact) mass is 310 g/mol. The molecule has 0 aliphatic heterocycles. The molecule has 1 atom stereocenters. The third-order valence-electron chi connectivity index (χ3n) is 3.92. The molecule has 2 heterocycles. The Balaban J connectivity index is 2.16. The normalized spacial score (nSPS) is 21.1.